The average molecular weight is 483 g/mol. The zero-order valence-electron chi connectivity index (χ0n) is 20.7. The van der Waals surface area contributed by atoms with Crippen LogP contribution in [0.3, 0.4) is 0 Å². The third kappa shape index (κ3) is 4.08. The van der Waals surface area contributed by atoms with Crippen LogP contribution in [-0.4, -0.2) is 21.8 Å². The second-order valence-corrected chi connectivity index (χ2v) is 9.53. The molecule has 1 N–H and O–H groups in total. The Hall–Kier alpha value is -3.64. The lowest BCUT2D eigenvalue weighted by Gasteiger charge is -2.28. The molecule has 4 aromatic rings. The first-order valence-electron chi connectivity index (χ1n) is 11.8. The Balaban J connectivity index is 1.68. The number of pyridine rings is 1. The Morgan fingerprint density at radius 1 is 0.943 bits per heavy atom. The Morgan fingerprint density at radius 3 is 2.40 bits per heavy atom. The molecule has 5 rings (SSSR count). The van der Waals surface area contributed by atoms with Gasteiger partial charge in [-0.15, -0.1) is 0 Å². The van der Waals surface area contributed by atoms with Crippen LogP contribution in [0.15, 0.2) is 72.9 Å². The van der Waals surface area contributed by atoms with Crippen molar-refractivity contribution in [1.82, 2.24) is 14.9 Å². The molecule has 35 heavy (non-hydrogen) atoms. The molecule has 0 saturated carbocycles. The maximum Gasteiger partial charge on any atom is 0.174 e. The average Bonchev–Trinajstić information content (AvgIpc) is 3.36. The van der Waals surface area contributed by atoms with E-state index in [-0.39, 0.29) is 12.1 Å². The van der Waals surface area contributed by atoms with Gasteiger partial charge in [0, 0.05) is 29.0 Å². The normalized spacial score (nSPS) is 17.5. The van der Waals surface area contributed by atoms with Crippen molar-refractivity contribution >= 4 is 23.0 Å². The van der Waals surface area contributed by atoms with E-state index in [1.165, 1.54) is 33.8 Å². The van der Waals surface area contributed by atoms with Gasteiger partial charge in [0.1, 0.15) is 5.75 Å². The highest BCUT2D eigenvalue weighted by molar-refractivity contribution is 7.80. The summed E-state index contributed by atoms with van der Waals surface area (Å²) < 4.78 is 7.75. The number of ether oxygens (including phenoxy) is 1. The van der Waals surface area contributed by atoms with Crippen molar-refractivity contribution in [2.45, 2.75) is 39.8 Å². The second-order valence-electron chi connectivity index (χ2n) is 9.15. The third-order valence-corrected chi connectivity index (χ3v) is 7.16. The topological polar surface area (TPSA) is 42.3 Å². The minimum absolute atomic E-state index is 0.0594. The van der Waals surface area contributed by atoms with Gasteiger partial charge in [0.25, 0.3) is 0 Å². The van der Waals surface area contributed by atoms with Crippen LogP contribution >= 0.6 is 12.2 Å². The lowest BCUT2D eigenvalue weighted by Crippen LogP contribution is -2.29. The van der Waals surface area contributed by atoms with E-state index >= 15 is 0 Å². The summed E-state index contributed by atoms with van der Waals surface area (Å²) in [6.07, 6.45) is 1.84. The molecular weight excluding hydrogens is 452 g/mol. The summed E-state index contributed by atoms with van der Waals surface area (Å²) in [6, 6.07) is 22.9. The molecule has 1 fully saturated rings. The van der Waals surface area contributed by atoms with Gasteiger partial charge in [0.15, 0.2) is 5.11 Å². The monoisotopic (exact) mass is 482 g/mol. The highest BCUT2D eigenvalue weighted by atomic mass is 32.1. The molecule has 0 spiro atoms. The SMILES string of the molecule is COc1ccc(N2C(=S)NC(c3ccccn3)C2c2cc(C)n(-c3cc(C)ccc3C)c2C)cc1. The third-order valence-electron chi connectivity index (χ3n) is 6.84. The van der Waals surface area contributed by atoms with Gasteiger partial charge in [-0.25, -0.2) is 0 Å². The van der Waals surface area contributed by atoms with Gasteiger partial charge < -0.3 is 19.5 Å². The van der Waals surface area contributed by atoms with Gasteiger partial charge in [-0.05, 0) is 105 Å². The van der Waals surface area contributed by atoms with E-state index in [0.717, 1.165) is 17.1 Å². The number of nitrogens with zero attached hydrogens (tertiary/aromatic N) is 3. The van der Waals surface area contributed by atoms with Gasteiger partial charge in [0.05, 0.1) is 24.9 Å². The van der Waals surface area contributed by atoms with Crippen molar-refractivity contribution in [2.24, 2.45) is 0 Å². The van der Waals surface area contributed by atoms with Crippen LogP contribution in [0.5, 0.6) is 5.75 Å². The van der Waals surface area contributed by atoms with Crippen LogP contribution in [-0.2, 0) is 0 Å². The van der Waals surface area contributed by atoms with Crippen molar-refractivity contribution in [3.63, 3.8) is 0 Å². The number of rotatable bonds is 5. The molecule has 0 aliphatic carbocycles. The number of aryl methyl sites for hydroxylation is 3. The molecule has 0 amide bonds. The fourth-order valence-corrected chi connectivity index (χ4v) is 5.46. The molecule has 1 aliphatic heterocycles. The van der Waals surface area contributed by atoms with Crippen LogP contribution in [0.4, 0.5) is 5.69 Å². The lowest BCUT2D eigenvalue weighted by atomic mass is 9.96. The predicted molar refractivity (Wildman–Crippen MR) is 146 cm³/mol. The van der Waals surface area contributed by atoms with Crippen molar-refractivity contribution < 1.29 is 4.74 Å². The van der Waals surface area contributed by atoms with Gasteiger partial charge in [0.2, 0.25) is 0 Å². The summed E-state index contributed by atoms with van der Waals surface area (Å²) in [5, 5.41) is 4.25. The van der Waals surface area contributed by atoms with E-state index in [4.69, 9.17) is 21.9 Å². The number of hydrogen-bond acceptors (Lipinski definition) is 3. The quantitative estimate of drug-likeness (QED) is 0.339. The zero-order chi connectivity index (χ0) is 24.7. The van der Waals surface area contributed by atoms with Crippen molar-refractivity contribution in [2.75, 3.05) is 12.0 Å². The molecule has 178 valence electrons. The maximum absolute atomic E-state index is 5.90. The molecule has 1 saturated heterocycles. The Bertz CT molecular complexity index is 1380. The van der Waals surface area contributed by atoms with E-state index < -0.39 is 0 Å². The molecule has 2 unspecified atom stereocenters. The Morgan fingerprint density at radius 2 is 1.71 bits per heavy atom. The van der Waals surface area contributed by atoms with Gasteiger partial charge in [-0.1, -0.05) is 18.2 Å². The molecule has 6 heteroatoms. The fraction of sp³-hybridized carbons (Fsp3) is 0.241. The summed E-state index contributed by atoms with van der Waals surface area (Å²) in [4.78, 5) is 6.91. The zero-order valence-corrected chi connectivity index (χ0v) is 21.6. The first-order chi connectivity index (χ1) is 16.9. The standard InChI is InChI=1S/C29H30N4OS/c1-18-9-10-19(2)26(16-18)32-20(3)17-24(21(32)4)28-27(25-8-6-7-15-30-25)31-29(35)33(28)22-11-13-23(34-5)14-12-22/h6-17,27-28H,1-5H3,(H,31,35). The van der Waals surface area contributed by atoms with Crippen LogP contribution in [0.1, 0.15) is 45.9 Å². The van der Waals surface area contributed by atoms with Crippen molar-refractivity contribution in [1.29, 1.82) is 0 Å². The number of thiocarbonyl (C=S) groups is 1. The van der Waals surface area contributed by atoms with Crippen LogP contribution < -0.4 is 15.0 Å². The molecule has 3 heterocycles. The minimum atomic E-state index is -0.0849. The number of aromatic nitrogens is 2. The first-order valence-corrected chi connectivity index (χ1v) is 12.2. The molecule has 2 atom stereocenters. The van der Waals surface area contributed by atoms with E-state index in [1.807, 2.05) is 30.5 Å². The van der Waals surface area contributed by atoms with Crippen LogP contribution in [0.25, 0.3) is 5.69 Å². The van der Waals surface area contributed by atoms with Crippen molar-refractivity contribution in [3.05, 3.63) is 107 Å². The minimum Gasteiger partial charge on any atom is -0.497 e. The number of methoxy groups -OCH3 is 1. The molecule has 0 bridgehead atoms. The predicted octanol–water partition coefficient (Wildman–Crippen LogP) is 6.29. The summed E-state index contributed by atoms with van der Waals surface area (Å²) in [5.74, 6) is 0.817. The summed E-state index contributed by atoms with van der Waals surface area (Å²) in [7, 11) is 1.68. The molecule has 0 radical (unpaired) electrons. The number of benzene rings is 2. The highest BCUT2D eigenvalue weighted by Gasteiger charge is 2.42. The van der Waals surface area contributed by atoms with Gasteiger partial charge in [-0.3, -0.25) is 4.98 Å². The largest absolute Gasteiger partial charge is 0.497 e. The number of anilines is 1. The molecule has 5 nitrogen and oxygen atoms in total. The smallest absolute Gasteiger partial charge is 0.174 e. The van der Waals surface area contributed by atoms with Crippen molar-refractivity contribution in [3.8, 4) is 11.4 Å². The molecule has 2 aromatic carbocycles. The van der Waals surface area contributed by atoms with E-state index in [1.54, 1.807) is 7.11 Å². The second kappa shape index (κ2) is 9.19. The fourth-order valence-electron chi connectivity index (χ4n) is 5.11. The van der Waals surface area contributed by atoms with E-state index in [9.17, 15) is 0 Å². The van der Waals surface area contributed by atoms with E-state index in [2.05, 4.69) is 84.9 Å². The molecule has 2 aromatic heterocycles. The van der Waals surface area contributed by atoms with Crippen LogP contribution in [0.2, 0.25) is 0 Å². The van der Waals surface area contributed by atoms with Gasteiger partial charge >= 0.3 is 0 Å². The summed E-state index contributed by atoms with van der Waals surface area (Å²) in [6.45, 7) is 8.68. The molecular formula is C29H30N4OS. The van der Waals surface area contributed by atoms with Gasteiger partial charge in [-0.2, -0.15) is 0 Å². The molecule has 1 aliphatic rings. The van der Waals surface area contributed by atoms with E-state index in [0.29, 0.717) is 5.11 Å². The Labute approximate surface area is 212 Å². The number of hydrogen-bond donors (Lipinski definition) is 1. The highest BCUT2D eigenvalue weighted by Crippen LogP contribution is 2.44. The first kappa shape index (κ1) is 23.1. The number of nitrogens with one attached hydrogen (secondary N) is 1. The lowest BCUT2D eigenvalue weighted by molar-refractivity contribution is 0.415. The Kier molecular flexibility index (Phi) is 6.07. The maximum atomic E-state index is 5.90. The van der Waals surface area contributed by atoms with Crippen LogP contribution in [0, 0.1) is 27.7 Å². The summed E-state index contributed by atoms with van der Waals surface area (Å²) in [5.41, 5.74) is 9.31. The summed E-state index contributed by atoms with van der Waals surface area (Å²) >= 11 is 5.90.